The Morgan fingerprint density at radius 1 is 1.26 bits per heavy atom. The van der Waals surface area contributed by atoms with Gasteiger partial charge in [-0.1, -0.05) is 24.3 Å². The number of hydrogen-bond donors (Lipinski definition) is 2. The van der Waals surface area contributed by atoms with E-state index in [0.717, 1.165) is 24.0 Å². The summed E-state index contributed by atoms with van der Waals surface area (Å²) in [6, 6.07) is 7.50. The maximum atomic E-state index is 11.7. The third-order valence-electron chi connectivity index (χ3n) is 4.47. The molecule has 3 atom stereocenters. The van der Waals surface area contributed by atoms with Gasteiger partial charge in [-0.05, 0) is 36.8 Å². The van der Waals surface area contributed by atoms with E-state index in [-0.39, 0.29) is 18.8 Å². The van der Waals surface area contributed by atoms with Crippen molar-refractivity contribution in [1.29, 1.82) is 0 Å². The van der Waals surface area contributed by atoms with Gasteiger partial charge in [0.05, 0.1) is 18.8 Å². The van der Waals surface area contributed by atoms with Crippen LogP contribution in [-0.4, -0.2) is 28.4 Å². The number of hydrogen-bond acceptors (Lipinski definition) is 3. The van der Waals surface area contributed by atoms with Crippen molar-refractivity contribution in [2.45, 2.75) is 44.5 Å². The van der Waals surface area contributed by atoms with Crippen LogP contribution in [0.5, 0.6) is 0 Å². The lowest BCUT2D eigenvalue weighted by Crippen LogP contribution is -2.42. The molecule has 2 N–H and O–H groups in total. The largest absolute Gasteiger partial charge is 0.481 e. The highest BCUT2D eigenvalue weighted by atomic mass is 16.5. The summed E-state index contributed by atoms with van der Waals surface area (Å²) >= 11 is 0. The van der Waals surface area contributed by atoms with Crippen molar-refractivity contribution in [3.8, 4) is 0 Å². The molecule has 4 heteroatoms. The Morgan fingerprint density at radius 2 is 1.95 bits per heavy atom. The van der Waals surface area contributed by atoms with Crippen LogP contribution < -0.4 is 0 Å². The van der Waals surface area contributed by atoms with Crippen LogP contribution in [0.15, 0.2) is 24.3 Å². The molecule has 2 saturated heterocycles. The summed E-state index contributed by atoms with van der Waals surface area (Å²) in [5.74, 6) is -0.745. The third kappa shape index (κ3) is 2.05. The average Bonchev–Trinajstić information content (AvgIpc) is 3.00. The number of benzene rings is 1. The zero-order valence-electron chi connectivity index (χ0n) is 10.7. The van der Waals surface area contributed by atoms with E-state index in [1.807, 2.05) is 24.3 Å². The van der Waals surface area contributed by atoms with Gasteiger partial charge in [-0.3, -0.25) is 4.79 Å². The van der Waals surface area contributed by atoms with Crippen molar-refractivity contribution in [1.82, 2.24) is 0 Å². The molecule has 2 aliphatic rings. The van der Waals surface area contributed by atoms with Gasteiger partial charge in [-0.15, -0.1) is 0 Å². The molecule has 2 fully saturated rings. The third-order valence-corrected chi connectivity index (χ3v) is 4.47. The lowest BCUT2D eigenvalue weighted by Gasteiger charge is -2.31. The zero-order valence-corrected chi connectivity index (χ0v) is 10.7. The van der Waals surface area contributed by atoms with Crippen LogP contribution in [0.4, 0.5) is 0 Å². The van der Waals surface area contributed by atoms with Crippen LogP contribution in [-0.2, 0) is 22.6 Å². The molecule has 2 aliphatic heterocycles. The second kappa shape index (κ2) is 4.62. The SMILES string of the molecule is O=C(O)C1(Cc2ccc(CO)cc2)CC2CCC1O2. The van der Waals surface area contributed by atoms with E-state index in [2.05, 4.69) is 0 Å². The summed E-state index contributed by atoms with van der Waals surface area (Å²) in [4.78, 5) is 11.7. The molecule has 0 aliphatic carbocycles. The minimum atomic E-state index is -0.760. The van der Waals surface area contributed by atoms with E-state index in [0.29, 0.717) is 12.8 Å². The minimum Gasteiger partial charge on any atom is -0.481 e. The number of aliphatic hydroxyl groups excluding tert-OH is 1. The predicted molar refractivity (Wildman–Crippen MR) is 68.6 cm³/mol. The molecular formula is C15H18O4. The number of carboxylic acids is 1. The topological polar surface area (TPSA) is 66.8 Å². The fraction of sp³-hybridized carbons (Fsp3) is 0.533. The molecule has 1 aromatic carbocycles. The molecule has 19 heavy (non-hydrogen) atoms. The Hall–Kier alpha value is -1.39. The second-order valence-electron chi connectivity index (χ2n) is 5.64. The molecule has 0 spiro atoms. The molecule has 2 bridgehead atoms. The van der Waals surface area contributed by atoms with E-state index in [1.54, 1.807) is 0 Å². The Labute approximate surface area is 112 Å². The van der Waals surface area contributed by atoms with Crippen molar-refractivity contribution in [2.24, 2.45) is 5.41 Å². The first-order chi connectivity index (χ1) is 9.14. The molecular weight excluding hydrogens is 244 g/mol. The van der Waals surface area contributed by atoms with Crippen LogP contribution in [0.2, 0.25) is 0 Å². The Morgan fingerprint density at radius 3 is 2.42 bits per heavy atom. The van der Waals surface area contributed by atoms with Crippen LogP contribution in [0, 0.1) is 5.41 Å². The Bertz CT molecular complexity index is 481. The standard InChI is InChI=1S/C15H18O4/c16-9-11-3-1-10(2-4-11)7-15(14(17)18)8-12-5-6-13(15)19-12/h1-4,12-13,16H,5-9H2,(H,17,18). The molecule has 0 aromatic heterocycles. The van der Waals surface area contributed by atoms with E-state index >= 15 is 0 Å². The number of aliphatic hydroxyl groups is 1. The number of aliphatic carboxylic acids is 1. The van der Waals surface area contributed by atoms with Gasteiger partial charge in [0.2, 0.25) is 0 Å². The van der Waals surface area contributed by atoms with Crippen molar-refractivity contribution >= 4 is 5.97 Å². The smallest absolute Gasteiger partial charge is 0.312 e. The van der Waals surface area contributed by atoms with Gasteiger partial charge in [0.15, 0.2) is 0 Å². The van der Waals surface area contributed by atoms with Gasteiger partial charge >= 0.3 is 5.97 Å². The summed E-state index contributed by atoms with van der Waals surface area (Å²) in [6.45, 7) is 0.0121. The van der Waals surface area contributed by atoms with Crippen molar-refractivity contribution in [3.05, 3.63) is 35.4 Å². The Kier molecular flexibility index (Phi) is 3.07. The zero-order chi connectivity index (χ0) is 13.5. The normalized spacial score (nSPS) is 32.7. The van der Waals surface area contributed by atoms with E-state index in [1.165, 1.54) is 0 Å². The highest BCUT2D eigenvalue weighted by Crippen LogP contribution is 2.49. The van der Waals surface area contributed by atoms with Gasteiger partial charge < -0.3 is 14.9 Å². The summed E-state index contributed by atoms with van der Waals surface area (Å²) in [6.07, 6.45) is 2.95. The van der Waals surface area contributed by atoms with Crippen molar-refractivity contribution in [2.75, 3.05) is 0 Å². The number of ether oxygens (including phenoxy) is 1. The molecule has 102 valence electrons. The number of fused-ring (bicyclic) bond motifs is 2. The number of rotatable bonds is 4. The minimum absolute atomic E-state index is 0.0121. The molecule has 4 nitrogen and oxygen atoms in total. The number of carbonyl (C=O) groups is 1. The maximum Gasteiger partial charge on any atom is 0.312 e. The first-order valence-electron chi connectivity index (χ1n) is 6.71. The molecule has 3 rings (SSSR count). The highest BCUT2D eigenvalue weighted by molar-refractivity contribution is 5.76. The average molecular weight is 262 g/mol. The van der Waals surface area contributed by atoms with Gasteiger partial charge in [0, 0.05) is 0 Å². The van der Waals surface area contributed by atoms with Crippen LogP contribution in [0.1, 0.15) is 30.4 Å². The van der Waals surface area contributed by atoms with Gasteiger partial charge in [0.25, 0.3) is 0 Å². The van der Waals surface area contributed by atoms with Crippen molar-refractivity contribution < 1.29 is 19.7 Å². The molecule has 2 heterocycles. The van der Waals surface area contributed by atoms with Gasteiger partial charge in [-0.2, -0.15) is 0 Å². The fourth-order valence-corrected chi connectivity index (χ4v) is 3.41. The summed E-state index contributed by atoms with van der Waals surface area (Å²) in [5, 5.41) is 18.7. The first kappa shape index (κ1) is 12.6. The number of carboxylic acid groups (broad SMARTS) is 1. The van der Waals surface area contributed by atoms with Crippen LogP contribution in [0.3, 0.4) is 0 Å². The maximum absolute atomic E-state index is 11.7. The fourth-order valence-electron chi connectivity index (χ4n) is 3.41. The summed E-state index contributed by atoms with van der Waals surface area (Å²) < 4.78 is 5.75. The lowest BCUT2D eigenvalue weighted by molar-refractivity contribution is -0.152. The van der Waals surface area contributed by atoms with Gasteiger partial charge in [0.1, 0.15) is 5.41 Å². The second-order valence-corrected chi connectivity index (χ2v) is 5.64. The molecule has 0 amide bonds. The predicted octanol–water partition coefficient (Wildman–Crippen LogP) is 1.74. The molecule has 3 unspecified atom stereocenters. The summed E-state index contributed by atoms with van der Waals surface area (Å²) in [7, 11) is 0. The highest BCUT2D eigenvalue weighted by Gasteiger charge is 2.57. The lowest BCUT2D eigenvalue weighted by atomic mass is 9.70. The first-order valence-corrected chi connectivity index (χ1v) is 6.71. The monoisotopic (exact) mass is 262 g/mol. The van der Waals surface area contributed by atoms with Crippen LogP contribution in [0.25, 0.3) is 0 Å². The quantitative estimate of drug-likeness (QED) is 0.867. The molecule has 0 saturated carbocycles. The van der Waals surface area contributed by atoms with E-state index in [9.17, 15) is 9.90 Å². The van der Waals surface area contributed by atoms with Crippen molar-refractivity contribution in [3.63, 3.8) is 0 Å². The van der Waals surface area contributed by atoms with E-state index < -0.39 is 11.4 Å². The molecule has 0 radical (unpaired) electrons. The van der Waals surface area contributed by atoms with E-state index in [4.69, 9.17) is 9.84 Å². The molecule has 1 aromatic rings. The summed E-state index contributed by atoms with van der Waals surface area (Å²) in [5.41, 5.74) is 1.08. The van der Waals surface area contributed by atoms with Crippen LogP contribution >= 0.6 is 0 Å². The van der Waals surface area contributed by atoms with Gasteiger partial charge in [-0.25, -0.2) is 0 Å². The Balaban J connectivity index is 1.84.